The smallest absolute Gasteiger partial charge is 0.284 e. The third-order valence-corrected chi connectivity index (χ3v) is 3.05. The number of aromatic amines is 1. The minimum absolute atomic E-state index is 0.0739. The molecule has 0 aliphatic heterocycles. The molecule has 1 aromatic heterocycles. The molecule has 0 saturated heterocycles. The molecule has 2 rings (SSSR count). The van der Waals surface area contributed by atoms with Crippen LogP contribution in [-0.2, 0) is 6.54 Å². The summed E-state index contributed by atoms with van der Waals surface area (Å²) < 4.78 is 0.130. The molecule has 1 aromatic carbocycles. The third-order valence-electron chi connectivity index (χ3n) is 2.22. The fraction of sp³-hybridized carbons (Fsp3) is 0.111. The van der Waals surface area contributed by atoms with Crippen LogP contribution in [0.15, 0.2) is 22.7 Å². The van der Waals surface area contributed by atoms with E-state index in [4.69, 9.17) is 0 Å². The summed E-state index contributed by atoms with van der Waals surface area (Å²) in [6, 6.07) is 4.22. The summed E-state index contributed by atoms with van der Waals surface area (Å²) in [4.78, 5) is 22.1. The SMILES string of the molecule is O=C(NCc1nn[nH]n1)c1cccc([N+](=O)[O-])c1Br. The molecular formula is C9H7BrN6O3. The van der Waals surface area contributed by atoms with Gasteiger partial charge in [-0.05, 0) is 22.0 Å². The number of nitrogens with zero attached hydrogens (tertiary/aromatic N) is 4. The largest absolute Gasteiger partial charge is 0.345 e. The Kier molecular flexibility index (Phi) is 3.80. The zero-order valence-electron chi connectivity index (χ0n) is 9.33. The maximum atomic E-state index is 11.9. The Morgan fingerprint density at radius 2 is 2.32 bits per heavy atom. The minimum atomic E-state index is -0.569. The van der Waals surface area contributed by atoms with E-state index in [2.05, 4.69) is 41.9 Å². The van der Waals surface area contributed by atoms with Gasteiger partial charge in [0.1, 0.15) is 4.47 Å². The number of rotatable bonds is 4. The van der Waals surface area contributed by atoms with Gasteiger partial charge in [0.15, 0.2) is 5.82 Å². The lowest BCUT2D eigenvalue weighted by Crippen LogP contribution is -2.24. The molecule has 0 aliphatic rings. The van der Waals surface area contributed by atoms with Crippen molar-refractivity contribution >= 4 is 27.5 Å². The normalized spacial score (nSPS) is 10.2. The number of tetrazole rings is 1. The number of hydrogen-bond acceptors (Lipinski definition) is 6. The average molecular weight is 327 g/mol. The number of hydrogen-bond donors (Lipinski definition) is 2. The summed E-state index contributed by atoms with van der Waals surface area (Å²) in [7, 11) is 0. The first-order valence-electron chi connectivity index (χ1n) is 5.03. The van der Waals surface area contributed by atoms with Gasteiger partial charge in [-0.25, -0.2) is 0 Å². The van der Waals surface area contributed by atoms with Gasteiger partial charge in [0.05, 0.1) is 17.0 Å². The van der Waals surface area contributed by atoms with Crippen molar-refractivity contribution in [2.45, 2.75) is 6.54 Å². The predicted molar refractivity (Wildman–Crippen MR) is 66.1 cm³/mol. The Morgan fingerprint density at radius 3 is 2.95 bits per heavy atom. The van der Waals surface area contributed by atoms with E-state index in [0.29, 0.717) is 5.82 Å². The molecule has 0 atom stereocenters. The van der Waals surface area contributed by atoms with Crippen molar-refractivity contribution in [3.63, 3.8) is 0 Å². The fourth-order valence-corrected chi connectivity index (χ4v) is 1.94. The van der Waals surface area contributed by atoms with Crippen LogP contribution >= 0.6 is 15.9 Å². The van der Waals surface area contributed by atoms with Gasteiger partial charge in [-0.1, -0.05) is 11.3 Å². The van der Waals surface area contributed by atoms with Gasteiger partial charge in [0.25, 0.3) is 11.6 Å². The molecule has 0 bridgehead atoms. The molecule has 2 N–H and O–H groups in total. The summed E-state index contributed by atoms with van der Waals surface area (Å²) in [5.74, 6) is -0.157. The number of carbonyl (C=O) groups excluding carboxylic acids is 1. The van der Waals surface area contributed by atoms with Gasteiger partial charge in [0.2, 0.25) is 0 Å². The number of halogens is 1. The zero-order valence-corrected chi connectivity index (χ0v) is 10.9. The molecule has 0 radical (unpaired) electrons. The van der Waals surface area contributed by atoms with E-state index in [9.17, 15) is 14.9 Å². The van der Waals surface area contributed by atoms with Crippen molar-refractivity contribution in [1.29, 1.82) is 0 Å². The molecule has 98 valence electrons. The molecule has 1 heterocycles. The van der Waals surface area contributed by atoms with Gasteiger partial charge >= 0.3 is 0 Å². The Labute approximate surface area is 114 Å². The van der Waals surface area contributed by atoms with E-state index >= 15 is 0 Å². The maximum absolute atomic E-state index is 11.9. The van der Waals surface area contributed by atoms with E-state index in [-0.39, 0.29) is 22.3 Å². The summed E-state index contributed by atoms with van der Waals surface area (Å²) in [5.41, 5.74) is -0.00935. The second-order valence-corrected chi connectivity index (χ2v) is 4.20. The van der Waals surface area contributed by atoms with Crippen molar-refractivity contribution in [2.24, 2.45) is 0 Å². The van der Waals surface area contributed by atoms with E-state index in [1.165, 1.54) is 18.2 Å². The second-order valence-electron chi connectivity index (χ2n) is 3.41. The molecule has 9 nitrogen and oxygen atoms in total. The molecule has 0 fully saturated rings. The number of nitro groups is 1. The number of nitrogens with one attached hydrogen (secondary N) is 2. The quantitative estimate of drug-likeness (QED) is 0.632. The molecule has 0 saturated carbocycles. The maximum Gasteiger partial charge on any atom is 0.284 e. The van der Waals surface area contributed by atoms with Crippen molar-refractivity contribution < 1.29 is 9.72 Å². The first kappa shape index (κ1) is 13.1. The highest BCUT2D eigenvalue weighted by molar-refractivity contribution is 9.10. The summed E-state index contributed by atoms with van der Waals surface area (Å²) in [6.45, 7) is 0.0739. The van der Waals surface area contributed by atoms with Gasteiger partial charge in [-0.3, -0.25) is 14.9 Å². The summed E-state index contributed by atoms with van der Waals surface area (Å²) in [6.07, 6.45) is 0. The lowest BCUT2D eigenvalue weighted by atomic mass is 10.2. The van der Waals surface area contributed by atoms with Crippen LogP contribution in [0, 0.1) is 10.1 Å². The summed E-state index contributed by atoms with van der Waals surface area (Å²) >= 11 is 3.05. The second kappa shape index (κ2) is 5.52. The Hall–Kier alpha value is -2.36. The van der Waals surface area contributed by atoms with Gasteiger partial charge in [-0.2, -0.15) is 5.21 Å². The number of carbonyl (C=O) groups is 1. The standard InChI is InChI=1S/C9H7BrN6O3/c10-8-5(2-1-3-6(8)16(18)19)9(17)11-4-7-12-14-15-13-7/h1-3H,4H2,(H,11,17)(H,12,13,14,15). The molecule has 1 amide bonds. The summed E-state index contributed by atoms with van der Waals surface area (Å²) in [5, 5.41) is 26.2. The fourth-order valence-electron chi connectivity index (χ4n) is 1.35. The monoisotopic (exact) mass is 326 g/mol. The average Bonchev–Trinajstić information content (AvgIpc) is 2.89. The number of amides is 1. The Balaban J connectivity index is 2.15. The van der Waals surface area contributed by atoms with E-state index < -0.39 is 10.8 Å². The molecular weight excluding hydrogens is 320 g/mol. The highest BCUT2D eigenvalue weighted by Crippen LogP contribution is 2.28. The van der Waals surface area contributed by atoms with Crippen LogP contribution in [-0.4, -0.2) is 31.5 Å². The molecule has 2 aromatic rings. The zero-order chi connectivity index (χ0) is 13.8. The molecule has 0 aliphatic carbocycles. The minimum Gasteiger partial charge on any atom is -0.345 e. The Morgan fingerprint density at radius 1 is 1.53 bits per heavy atom. The molecule has 0 spiro atoms. The van der Waals surface area contributed by atoms with Crippen LogP contribution < -0.4 is 5.32 Å². The third kappa shape index (κ3) is 2.91. The van der Waals surface area contributed by atoms with E-state index in [1.54, 1.807) is 0 Å². The first-order chi connectivity index (χ1) is 9.09. The first-order valence-corrected chi connectivity index (χ1v) is 5.82. The van der Waals surface area contributed by atoms with E-state index in [1.807, 2.05) is 0 Å². The van der Waals surface area contributed by atoms with Crippen LogP contribution in [0.5, 0.6) is 0 Å². The van der Waals surface area contributed by atoms with Gasteiger partial charge < -0.3 is 5.32 Å². The Bertz CT molecular complexity index is 614. The number of nitro benzene ring substituents is 1. The number of aromatic nitrogens is 4. The van der Waals surface area contributed by atoms with Crippen LogP contribution in [0.25, 0.3) is 0 Å². The molecule has 19 heavy (non-hydrogen) atoms. The predicted octanol–water partition coefficient (Wildman–Crippen LogP) is 0.800. The number of H-pyrrole nitrogens is 1. The van der Waals surface area contributed by atoms with Crippen molar-refractivity contribution in [3.05, 3.63) is 44.2 Å². The van der Waals surface area contributed by atoms with Crippen LogP contribution in [0.4, 0.5) is 5.69 Å². The molecule has 0 unspecified atom stereocenters. The lowest BCUT2D eigenvalue weighted by molar-refractivity contribution is -0.385. The lowest BCUT2D eigenvalue weighted by Gasteiger charge is -2.05. The van der Waals surface area contributed by atoms with Crippen molar-refractivity contribution in [3.8, 4) is 0 Å². The van der Waals surface area contributed by atoms with Gasteiger partial charge in [0, 0.05) is 6.07 Å². The molecule has 10 heteroatoms. The van der Waals surface area contributed by atoms with Gasteiger partial charge in [-0.15, -0.1) is 10.2 Å². The highest BCUT2D eigenvalue weighted by atomic mass is 79.9. The van der Waals surface area contributed by atoms with E-state index in [0.717, 1.165) is 0 Å². The highest BCUT2D eigenvalue weighted by Gasteiger charge is 2.19. The van der Waals surface area contributed by atoms with Crippen LogP contribution in [0.1, 0.15) is 16.2 Å². The van der Waals surface area contributed by atoms with Crippen LogP contribution in [0.2, 0.25) is 0 Å². The van der Waals surface area contributed by atoms with Crippen LogP contribution in [0.3, 0.4) is 0 Å². The van der Waals surface area contributed by atoms with Crippen molar-refractivity contribution in [1.82, 2.24) is 25.9 Å². The topological polar surface area (TPSA) is 127 Å². The van der Waals surface area contributed by atoms with Crippen molar-refractivity contribution in [2.75, 3.05) is 0 Å². The number of benzene rings is 1.